The molecule has 0 fully saturated rings. The Morgan fingerprint density at radius 1 is 0.875 bits per heavy atom. The average molecular weight is 226 g/mol. The molecule has 0 aliphatic rings. The summed E-state index contributed by atoms with van der Waals surface area (Å²) in [7, 11) is 0. The lowest BCUT2D eigenvalue weighted by molar-refractivity contribution is 0.573. The van der Waals surface area contributed by atoms with Crippen molar-refractivity contribution in [3.8, 4) is 0 Å². The van der Waals surface area contributed by atoms with Gasteiger partial charge in [-0.1, -0.05) is 39.7 Å². The van der Waals surface area contributed by atoms with Crippen LogP contribution < -0.4 is 10.6 Å². The normalized spacial score (nSPS) is 10.4. The van der Waals surface area contributed by atoms with Crippen molar-refractivity contribution < 1.29 is 0 Å². The predicted molar refractivity (Wildman–Crippen MR) is 73.7 cm³/mol. The summed E-state index contributed by atoms with van der Waals surface area (Å²) in [5.74, 6) is 0. The Bertz CT molecular complexity index is 155. The second-order valence-corrected chi connectivity index (χ2v) is 4.44. The van der Waals surface area contributed by atoms with E-state index in [1.165, 1.54) is 57.3 Å². The molecule has 0 saturated carbocycles. The monoisotopic (exact) mass is 226 g/mol. The molecule has 0 heterocycles. The molecule has 0 rings (SSSR count). The van der Waals surface area contributed by atoms with Crippen LogP contribution in [0.1, 0.15) is 58.8 Å². The van der Waals surface area contributed by atoms with Crippen LogP contribution in [0.5, 0.6) is 0 Å². The summed E-state index contributed by atoms with van der Waals surface area (Å²) in [6.45, 7) is 11.8. The first-order chi connectivity index (χ1) is 7.81. The summed E-state index contributed by atoms with van der Waals surface area (Å²) < 4.78 is 0. The van der Waals surface area contributed by atoms with Gasteiger partial charge in [-0.25, -0.2) is 0 Å². The van der Waals surface area contributed by atoms with Gasteiger partial charge in [0.15, 0.2) is 0 Å². The van der Waals surface area contributed by atoms with Crippen molar-refractivity contribution >= 4 is 0 Å². The zero-order valence-corrected chi connectivity index (χ0v) is 11.3. The van der Waals surface area contributed by atoms with Gasteiger partial charge in [0.05, 0.1) is 0 Å². The molecule has 0 aliphatic carbocycles. The van der Waals surface area contributed by atoms with Crippen molar-refractivity contribution in [3.63, 3.8) is 0 Å². The molecule has 0 unspecified atom stereocenters. The van der Waals surface area contributed by atoms with E-state index < -0.39 is 0 Å². The third kappa shape index (κ3) is 11.6. The summed E-state index contributed by atoms with van der Waals surface area (Å²) in [5.41, 5.74) is 1.20. The lowest BCUT2D eigenvalue weighted by atomic mass is 10.2. The number of hydrogen-bond donors (Lipinski definition) is 2. The Morgan fingerprint density at radius 3 is 2.19 bits per heavy atom. The van der Waals surface area contributed by atoms with Crippen LogP contribution in [0.4, 0.5) is 0 Å². The minimum absolute atomic E-state index is 1.10. The summed E-state index contributed by atoms with van der Waals surface area (Å²) in [4.78, 5) is 0. The molecule has 0 atom stereocenters. The lowest BCUT2D eigenvalue weighted by Crippen LogP contribution is -2.16. The van der Waals surface area contributed by atoms with Crippen LogP contribution in [-0.4, -0.2) is 19.6 Å². The van der Waals surface area contributed by atoms with Gasteiger partial charge in [-0.05, 0) is 38.8 Å². The van der Waals surface area contributed by atoms with E-state index in [2.05, 4.69) is 31.1 Å². The van der Waals surface area contributed by atoms with Gasteiger partial charge in [0.25, 0.3) is 0 Å². The van der Waals surface area contributed by atoms with Crippen LogP contribution in [0.25, 0.3) is 0 Å². The van der Waals surface area contributed by atoms with E-state index in [4.69, 9.17) is 0 Å². The molecule has 0 spiro atoms. The second kappa shape index (κ2) is 12.6. The van der Waals surface area contributed by atoms with E-state index in [1.54, 1.807) is 0 Å². The standard InChI is InChI=1S/C14H30N2/c1-4-10-14(3)16-13-9-7-6-8-12-15-11-5-2/h15-16H,3-13H2,1-2H3. The molecule has 0 aliphatic heterocycles. The number of hydrogen-bond acceptors (Lipinski definition) is 2. The van der Waals surface area contributed by atoms with Crippen molar-refractivity contribution in [2.75, 3.05) is 19.6 Å². The van der Waals surface area contributed by atoms with Crippen molar-refractivity contribution in [2.24, 2.45) is 0 Å². The highest BCUT2D eigenvalue weighted by molar-refractivity contribution is 4.89. The van der Waals surface area contributed by atoms with Crippen LogP contribution in [0, 0.1) is 0 Å². The van der Waals surface area contributed by atoms with Crippen molar-refractivity contribution in [2.45, 2.75) is 58.8 Å². The van der Waals surface area contributed by atoms with Gasteiger partial charge in [-0.2, -0.15) is 0 Å². The van der Waals surface area contributed by atoms with E-state index >= 15 is 0 Å². The van der Waals surface area contributed by atoms with Gasteiger partial charge in [-0.3, -0.25) is 0 Å². The maximum atomic E-state index is 3.99. The van der Waals surface area contributed by atoms with Gasteiger partial charge in [0, 0.05) is 12.2 Å². The third-order valence-electron chi connectivity index (χ3n) is 2.63. The highest BCUT2D eigenvalue weighted by Crippen LogP contribution is 2.00. The molecule has 0 aromatic rings. The Balaban J connectivity index is 3.01. The van der Waals surface area contributed by atoms with Crippen LogP contribution in [0.3, 0.4) is 0 Å². The topological polar surface area (TPSA) is 24.1 Å². The minimum atomic E-state index is 1.10. The summed E-state index contributed by atoms with van der Waals surface area (Å²) >= 11 is 0. The van der Waals surface area contributed by atoms with Crippen molar-refractivity contribution in [1.82, 2.24) is 10.6 Å². The van der Waals surface area contributed by atoms with E-state index in [9.17, 15) is 0 Å². The van der Waals surface area contributed by atoms with Crippen LogP contribution in [0.2, 0.25) is 0 Å². The average Bonchev–Trinajstić information content (AvgIpc) is 2.27. The van der Waals surface area contributed by atoms with Crippen LogP contribution in [-0.2, 0) is 0 Å². The van der Waals surface area contributed by atoms with E-state index in [0.29, 0.717) is 0 Å². The summed E-state index contributed by atoms with van der Waals surface area (Å²) in [5, 5.41) is 6.82. The zero-order chi connectivity index (χ0) is 12.1. The molecule has 0 saturated heterocycles. The smallest absolute Gasteiger partial charge is 0.0143 e. The minimum Gasteiger partial charge on any atom is -0.389 e. The quantitative estimate of drug-likeness (QED) is 0.498. The van der Waals surface area contributed by atoms with Crippen molar-refractivity contribution in [1.29, 1.82) is 0 Å². The molecule has 0 aromatic carbocycles. The predicted octanol–water partition coefficient (Wildman–Crippen LogP) is 3.45. The Morgan fingerprint density at radius 2 is 1.56 bits per heavy atom. The number of nitrogens with one attached hydrogen (secondary N) is 2. The van der Waals surface area contributed by atoms with E-state index in [0.717, 1.165) is 13.0 Å². The first-order valence-corrected chi connectivity index (χ1v) is 6.93. The van der Waals surface area contributed by atoms with Crippen LogP contribution >= 0.6 is 0 Å². The van der Waals surface area contributed by atoms with Gasteiger partial charge in [0.1, 0.15) is 0 Å². The highest BCUT2D eigenvalue weighted by Gasteiger charge is 1.92. The first-order valence-electron chi connectivity index (χ1n) is 6.93. The first kappa shape index (κ1) is 15.5. The summed E-state index contributed by atoms with van der Waals surface area (Å²) in [6.07, 6.45) is 8.81. The number of unbranched alkanes of at least 4 members (excludes halogenated alkanes) is 3. The fourth-order valence-corrected chi connectivity index (χ4v) is 1.69. The fraction of sp³-hybridized carbons (Fsp3) is 0.857. The molecule has 2 N–H and O–H groups in total. The Kier molecular flexibility index (Phi) is 12.2. The fourth-order valence-electron chi connectivity index (χ4n) is 1.69. The SMILES string of the molecule is C=C(CCC)NCCCCCCNCCC. The molecular weight excluding hydrogens is 196 g/mol. The molecule has 16 heavy (non-hydrogen) atoms. The summed E-state index contributed by atoms with van der Waals surface area (Å²) in [6, 6.07) is 0. The molecular formula is C14H30N2. The molecule has 96 valence electrons. The number of rotatable bonds is 12. The van der Waals surface area contributed by atoms with E-state index in [1.807, 2.05) is 0 Å². The number of allylic oxidation sites excluding steroid dienone is 1. The van der Waals surface area contributed by atoms with Gasteiger partial charge >= 0.3 is 0 Å². The van der Waals surface area contributed by atoms with Crippen LogP contribution in [0.15, 0.2) is 12.3 Å². The molecule has 0 amide bonds. The van der Waals surface area contributed by atoms with Crippen molar-refractivity contribution in [3.05, 3.63) is 12.3 Å². The lowest BCUT2D eigenvalue weighted by Gasteiger charge is -2.08. The Hall–Kier alpha value is -0.500. The Labute approximate surface area is 102 Å². The van der Waals surface area contributed by atoms with Gasteiger partial charge < -0.3 is 10.6 Å². The second-order valence-electron chi connectivity index (χ2n) is 4.44. The van der Waals surface area contributed by atoms with E-state index in [-0.39, 0.29) is 0 Å². The molecule has 0 radical (unpaired) electrons. The molecule has 2 nitrogen and oxygen atoms in total. The van der Waals surface area contributed by atoms with Gasteiger partial charge in [-0.15, -0.1) is 0 Å². The highest BCUT2D eigenvalue weighted by atomic mass is 14.9. The maximum absolute atomic E-state index is 3.99. The van der Waals surface area contributed by atoms with Gasteiger partial charge in [0.2, 0.25) is 0 Å². The maximum Gasteiger partial charge on any atom is 0.0143 e. The largest absolute Gasteiger partial charge is 0.389 e. The molecule has 0 aromatic heterocycles. The molecule has 0 bridgehead atoms. The zero-order valence-electron chi connectivity index (χ0n) is 11.3. The molecule has 2 heteroatoms. The third-order valence-corrected chi connectivity index (χ3v) is 2.63.